The highest BCUT2D eigenvalue weighted by atomic mass is 16.1. The van der Waals surface area contributed by atoms with Crippen molar-refractivity contribution >= 4 is 38.6 Å². The van der Waals surface area contributed by atoms with Crippen molar-refractivity contribution in [3.05, 3.63) is 108 Å². The lowest BCUT2D eigenvalue weighted by atomic mass is 9.84. The number of fused-ring (bicyclic) bond motifs is 3. The summed E-state index contributed by atoms with van der Waals surface area (Å²) in [5.74, 6) is -0.0168. The van der Waals surface area contributed by atoms with E-state index in [1.165, 1.54) is 21.9 Å². The Bertz CT molecular complexity index is 1510. The fourth-order valence-corrected chi connectivity index (χ4v) is 4.86. The minimum Gasteiger partial charge on any atom is -0.361 e. The van der Waals surface area contributed by atoms with Gasteiger partial charge in [0, 0.05) is 58.6 Å². The van der Waals surface area contributed by atoms with Crippen molar-refractivity contribution in [3.8, 4) is 0 Å². The molecule has 4 heteroatoms. The molecule has 3 aromatic heterocycles. The molecule has 0 radical (unpaired) electrons. The molecule has 0 spiro atoms. The van der Waals surface area contributed by atoms with Crippen molar-refractivity contribution in [1.82, 2.24) is 14.5 Å². The number of hydrogen-bond donors (Lipinski definition) is 2. The molecular weight excluding hydrogens is 382 g/mol. The first-order valence-electron chi connectivity index (χ1n) is 10.5. The number of aromatic amines is 2. The summed E-state index contributed by atoms with van der Waals surface area (Å²) in [6.07, 6.45) is 6.23. The van der Waals surface area contributed by atoms with Gasteiger partial charge in [0.2, 0.25) is 5.91 Å². The molecule has 0 aliphatic rings. The number of nitrogens with zero attached hydrogens (tertiary/aromatic N) is 1. The van der Waals surface area contributed by atoms with Gasteiger partial charge in [-0.3, -0.25) is 9.36 Å². The number of H-pyrrole nitrogens is 2. The molecule has 0 bridgehead atoms. The van der Waals surface area contributed by atoms with Gasteiger partial charge < -0.3 is 9.97 Å². The molecule has 3 aromatic carbocycles. The van der Waals surface area contributed by atoms with Crippen LogP contribution in [0.4, 0.5) is 0 Å². The number of aromatic nitrogens is 3. The Labute approximate surface area is 179 Å². The molecule has 0 aliphatic heterocycles. The van der Waals surface area contributed by atoms with Crippen molar-refractivity contribution < 1.29 is 4.79 Å². The van der Waals surface area contributed by atoms with Gasteiger partial charge in [0.05, 0.1) is 5.52 Å². The molecule has 0 amide bonds. The van der Waals surface area contributed by atoms with Crippen LogP contribution in [0.5, 0.6) is 0 Å². The van der Waals surface area contributed by atoms with Crippen LogP contribution in [0, 0.1) is 0 Å². The van der Waals surface area contributed by atoms with Gasteiger partial charge in [-0.2, -0.15) is 0 Å². The average molecular weight is 403 g/mol. The maximum Gasteiger partial charge on any atom is 0.227 e. The number of rotatable bonds is 3. The highest BCUT2D eigenvalue weighted by Gasteiger charge is 2.26. The zero-order valence-corrected chi connectivity index (χ0v) is 17.1. The number of para-hydroxylation sites is 3. The maximum absolute atomic E-state index is 12.4. The zero-order valence-electron chi connectivity index (χ0n) is 17.1. The van der Waals surface area contributed by atoms with Crippen LogP contribution in [-0.4, -0.2) is 20.4 Å². The highest BCUT2D eigenvalue weighted by Crippen LogP contribution is 2.42. The van der Waals surface area contributed by atoms with Crippen LogP contribution in [0.1, 0.15) is 34.3 Å². The predicted octanol–water partition coefficient (Wildman–Crippen LogP) is 6.44. The van der Waals surface area contributed by atoms with Gasteiger partial charge in [-0.15, -0.1) is 0 Å². The van der Waals surface area contributed by atoms with Gasteiger partial charge >= 0.3 is 0 Å². The van der Waals surface area contributed by atoms with E-state index >= 15 is 0 Å². The molecule has 31 heavy (non-hydrogen) atoms. The number of hydrogen-bond acceptors (Lipinski definition) is 1. The van der Waals surface area contributed by atoms with Crippen molar-refractivity contribution in [1.29, 1.82) is 0 Å². The second-order valence-corrected chi connectivity index (χ2v) is 8.00. The molecule has 0 atom stereocenters. The van der Waals surface area contributed by atoms with Crippen molar-refractivity contribution in [2.45, 2.75) is 12.8 Å². The molecule has 4 nitrogen and oxygen atoms in total. The second-order valence-electron chi connectivity index (χ2n) is 8.00. The Morgan fingerprint density at radius 3 is 1.81 bits per heavy atom. The van der Waals surface area contributed by atoms with Gasteiger partial charge in [-0.25, -0.2) is 0 Å². The van der Waals surface area contributed by atoms with Gasteiger partial charge in [0.1, 0.15) is 0 Å². The lowest BCUT2D eigenvalue weighted by molar-refractivity contribution is 0.0941. The van der Waals surface area contributed by atoms with Crippen LogP contribution in [0.3, 0.4) is 0 Å². The highest BCUT2D eigenvalue weighted by molar-refractivity contribution is 5.96. The summed E-state index contributed by atoms with van der Waals surface area (Å²) >= 11 is 0. The molecule has 6 rings (SSSR count). The van der Waals surface area contributed by atoms with E-state index in [0.29, 0.717) is 0 Å². The third kappa shape index (κ3) is 2.65. The lowest BCUT2D eigenvalue weighted by Crippen LogP contribution is -2.04. The summed E-state index contributed by atoms with van der Waals surface area (Å²) in [6.45, 7) is 1.61. The van der Waals surface area contributed by atoms with E-state index in [-0.39, 0.29) is 11.8 Å². The van der Waals surface area contributed by atoms with E-state index in [2.05, 4.69) is 64.8 Å². The third-order valence-electron chi connectivity index (χ3n) is 6.26. The van der Waals surface area contributed by atoms with E-state index in [9.17, 15) is 4.79 Å². The maximum atomic E-state index is 12.4. The fourth-order valence-electron chi connectivity index (χ4n) is 4.86. The van der Waals surface area contributed by atoms with E-state index < -0.39 is 0 Å². The molecule has 6 aromatic rings. The summed E-state index contributed by atoms with van der Waals surface area (Å²) in [6, 6.07) is 24.9. The van der Waals surface area contributed by atoms with Crippen LogP contribution in [0.25, 0.3) is 32.7 Å². The first kappa shape index (κ1) is 17.8. The fraction of sp³-hybridized carbons (Fsp3) is 0.0741. The summed E-state index contributed by atoms with van der Waals surface area (Å²) in [7, 11) is 0. The van der Waals surface area contributed by atoms with Gasteiger partial charge in [0.15, 0.2) is 0 Å². The average Bonchev–Trinajstić information content (AvgIpc) is 3.51. The quantitative estimate of drug-likeness (QED) is 0.351. The van der Waals surface area contributed by atoms with Crippen molar-refractivity contribution in [2.24, 2.45) is 0 Å². The van der Waals surface area contributed by atoms with Gasteiger partial charge in [0.25, 0.3) is 0 Å². The Balaban J connectivity index is 1.72. The van der Waals surface area contributed by atoms with Crippen LogP contribution < -0.4 is 0 Å². The number of carbonyl (C=O) groups is 1. The van der Waals surface area contributed by atoms with Gasteiger partial charge in [-0.05, 0) is 34.9 Å². The molecule has 150 valence electrons. The predicted molar refractivity (Wildman–Crippen MR) is 126 cm³/mol. The van der Waals surface area contributed by atoms with Gasteiger partial charge in [-0.1, -0.05) is 54.6 Å². The summed E-state index contributed by atoms with van der Waals surface area (Å²) in [5, 5.41) is 3.48. The molecular formula is C27H21N3O. The number of carbonyl (C=O) groups excluding carboxylic acids is 1. The Kier molecular flexibility index (Phi) is 3.87. The molecule has 0 aliphatic carbocycles. The molecule has 0 fully saturated rings. The SMILES string of the molecule is CC(=O)n1cc(C(c2c[nH]c3ccccc23)c2c[nH]c3ccccc23)c2ccccc21. The van der Waals surface area contributed by atoms with Crippen LogP contribution in [0.15, 0.2) is 91.4 Å². The molecule has 2 N–H and O–H groups in total. The topological polar surface area (TPSA) is 53.6 Å². The molecule has 0 saturated carbocycles. The Morgan fingerprint density at radius 2 is 1.23 bits per heavy atom. The number of benzene rings is 3. The van der Waals surface area contributed by atoms with E-state index in [1.807, 2.05) is 36.5 Å². The lowest BCUT2D eigenvalue weighted by Gasteiger charge is -2.16. The summed E-state index contributed by atoms with van der Waals surface area (Å²) < 4.78 is 1.77. The smallest absolute Gasteiger partial charge is 0.227 e. The third-order valence-corrected chi connectivity index (χ3v) is 6.26. The molecule has 3 heterocycles. The minimum absolute atomic E-state index is 0.0130. The van der Waals surface area contributed by atoms with E-state index in [0.717, 1.165) is 27.5 Å². The zero-order chi connectivity index (χ0) is 20.9. The minimum atomic E-state index is -0.0298. The number of nitrogens with one attached hydrogen (secondary N) is 2. The summed E-state index contributed by atoms with van der Waals surface area (Å²) in [4.78, 5) is 19.3. The van der Waals surface area contributed by atoms with E-state index in [4.69, 9.17) is 0 Å². The van der Waals surface area contributed by atoms with Crippen LogP contribution >= 0.6 is 0 Å². The van der Waals surface area contributed by atoms with Crippen LogP contribution in [-0.2, 0) is 0 Å². The Hall–Kier alpha value is -4.05. The molecule has 0 saturated heterocycles. The molecule has 0 unspecified atom stereocenters. The normalized spacial score (nSPS) is 11.8. The van der Waals surface area contributed by atoms with E-state index in [1.54, 1.807) is 11.5 Å². The first-order valence-corrected chi connectivity index (χ1v) is 10.5. The largest absolute Gasteiger partial charge is 0.361 e. The van der Waals surface area contributed by atoms with Crippen molar-refractivity contribution in [2.75, 3.05) is 0 Å². The first-order chi connectivity index (χ1) is 15.2. The van der Waals surface area contributed by atoms with Crippen LogP contribution in [0.2, 0.25) is 0 Å². The van der Waals surface area contributed by atoms with Crippen molar-refractivity contribution in [3.63, 3.8) is 0 Å². The summed E-state index contributed by atoms with van der Waals surface area (Å²) in [5.41, 5.74) is 6.68. The Morgan fingerprint density at radius 1 is 0.710 bits per heavy atom. The second kappa shape index (κ2) is 6.74. The standard InChI is InChI=1S/C27H21N3O/c1-17(31)30-16-23(20-10-4-7-13-26(20)30)27(21-14-28-24-11-5-2-8-18(21)24)22-15-29-25-12-6-3-9-19(22)25/h2-16,27-29H,1H3. The monoisotopic (exact) mass is 403 g/mol.